The van der Waals surface area contributed by atoms with E-state index in [2.05, 4.69) is 36.2 Å². The van der Waals surface area contributed by atoms with Crippen molar-refractivity contribution in [2.75, 3.05) is 7.11 Å². The van der Waals surface area contributed by atoms with Gasteiger partial charge in [-0.15, -0.1) is 0 Å². The Kier molecular flexibility index (Phi) is 2.68. The maximum Gasteiger partial charge on any atom is 0.144 e. The van der Waals surface area contributed by atoms with Gasteiger partial charge in [-0.3, -0.25) is 4.98 Å². The summed E-state index contributed by atoms with van der Waals surface area (Å²) in [5, 5.41) is 0. The highest BCUT2D eigenvalue weighted by Gasteiger charge is 2.03. The minimum Gasteiger partial charge on any atom is -0.494 e. The zero-order chi connectivity index (χ0) is 10.7. The average molecular weight is 199 g/mol. The second-order valence-corrected chi connectivity index (χ2v) is 3.44. The van der Waals surface area contributed by atoms with Gasteiger partial charge in [-0.1, -0.05) is 29.8 Å². The van der Waals surface area contributed by atoms with Crippen molar-refractivity contribution in [2.45, 2.75) is 6.92 Å². The zero-order valence-corrected chi connectivity index (χ0v) is 8.90. The van der Waals surface area contributed by atoms with Gasteiger partial charge in [-0.05, 0) is 18.6 Å². The quantitative estimate of drug-likeness (QED) is 0.741. The molecule has 1 heterocycles. The molecule has 0 aliphatic heterocycles. The number of nitrogens with zero attached hydrogens (tertiary/aromatic N) is 1. The number of hydrogen-bond acceptors (Lipinski definition) is 2. The summed E-state index contributed by atoms with van der Waals surface area (Å²) in [6, 6.07) is 10.3. The van der Waals surface area contributed by atoms with Crippen LogP contribution in [0, 0.1) is 6.92 Å². The van der Waals surface area contributed by atoms with E-state index < -0.39 is 0 Å². The molecule has 0 aliphatic carbocycles. The maximum absolute atomic E-state index is 5.27. The van der Waals surface area contributed by atoms with E-state index in [-0.39, 0.29) is 0 Å². The summed E-state index contributed by atoms with van der Waals surface area (Å²) in [5.74, 6) is 0.807. The molecule has 0 radical (unpaired) electrons. The van der Waals surface area contributed by atoms with Crippen LogP contribution in [0.25, 0.3) is 11.1 Å². The molecule has 0 N–H and O–H groups in total. The topological polar surface area (TPSA) is 22.1 Å². The smallest absolute Gasteiger partial charge is 0.144 e. The third kappa shape index (κ3) is 1.99. The van der Waals surface area contributed by atoms with Crippen molar-refractivity contribution in [3.05, 3.63) is 48.3 Å². The summed E-state index contributed by atoms with van der Waals surface area (Å²) in [7, 11) is 1.66. The van der Waals surface area contributed by atoms with Crippen molar-refractivity contribution in [1.82, 2.24) is 4.98 Å². The molecule has 15 heavy (non-hydrogen) atoms. The number of methoxy groups -OCH3 is 1. The second-order valence-electron chi connectivity index (χ2n) is 3.44. The van der Waals surface area contributed by atoms with Crippen molar-refractivity contribution < 1.29 is 4.74 Å². The number of pyridine rings is 1. The SMILES string of the molecule is COc1cnccc1-c1ccc(C)cc1. The fourth-order valence-corrected chi connectivity index (χ4v) is 1.51. The van der Waals surface area contributed by atoms with Crippen LogP contribution in [0.4, 0.5) is 0 Å². The van der Waals surface area contributed by atoms with Crippen LogP contribution in [0.15, 0.2) is 42.7 Å². The van der Waals surface area contributed by atoms with Gasteiger partial charge in [0.25, 0.3) is 0 Å². The lowest BCUT2D eigenvalue weighted by Crippen LogP contribution is -1.88. The predicted octanol–water partition coefficient (Wildman–Crippen LogP) is 3.07. The normalized spacial score (nSPS) is 10.0. The molecular formula is C13H13NO. The van der Waals surface area contributed by atoms with E-state index in [0.717, 1.165) is 16.9 Å². The van der Waals surface area contributed by atoms with Crippen molar-refractivity contribution in [1.29, 1.82) is 0 Å². The summed E-state index contributed by atoms with van der Waals surface area (Å²) >= 11 is 0. The summed E-state index contributed by atoms with van der Waals surface area (Å²) < 4.78 is 5.27. The van der Waals surface area contributed by atoms with Gasteiger partial charge in [-0.25, -0.2) is 0 Å². The molecule has 76 valence electrons. The van der Waals surface area contributed by atoms with Crippen molar-refractivity contribution in [3.8, 4) is 16.9 Å². The number of hydrogen-bond donors (Lipinski definition) is 0. The molecular weight excluding hydrogens is 186 g/mol. The van der Waals surface area contributed by atoms with Crippen LogP contribution >= 0.6 is 0 Å². The van der Waals surface area contributed by atoms with E-state index in [9.17, 15) is 0 Å². The van der Waals surface area contributed by atoms with Crippen LogP contribution < -0.4 is 4.74 Å². The molecule has 0 amide bonds. The Bertz CT molecular complexity index is 448. The van der Waals surface area contributed by atoms with E-state index in [1.165, 1.54) is 5.56 Å². The van der Waals surface area contributed by atoms with E-state index >= 15 is 0 Å². The number of rotatable bonds is 2. The summed E-state index contributed by atoms with van der Waals surface area (Å²) in [6.07, 6.45) is 3.51. The summed E-state index contributed by atoms with van der Waals surface area (Å²) in [5.41, 5.74) is 3.49. The molecule has 0 saturated carbocycles. The molecule has 2 nitrogen and oxygen atoms in total. The Balaban J connectivity index is 2.49. The molecule has 2 rings (SSSR count). The first kappa shape index (κ1) is 9.71. The van der Waals surface area contributed by atoms with Crippen LogP contribution in [-0.4, -0.2) is 12.1 Å². The first-order valence-electron chi connectivity index (χ1n) is 4.86. The van der Waals surface area contributed by atoms with Crippen LogP contribution in [-0.2, 0) is 0 Å². The number of ether oxygens (including phenoxy) is 1. The third-order valence-electron chi connectivity index (χ3n) is 2.37. The monoisotopic (exact) mass is 199 g/mol. The molecule has 0 spiro atoms. The molecule has 1 aromatic heterocycles. The molecule has 0 atom stereocenters. The van der Waals surface area contributed by atoms with Crippen molar-refractivity contribution in [2.24, 2.45) is 0 Å². The Morgan fingerprint density at radius 3 is 2.47 bits per heavy atom. The molecule has 0 unspecified atom stereocenters. The van der Waals surface area contributed by atoms with Gasteiger partial charge in [0.2, 0.25) is 0 Å². The first-order valence-corrected chi connectivity index (χ1v) is 4.86. The highest BCUT2D eigenvalue weighted by molar-refractivity contribution is 5.69. The van der Waals surface area contributed by atoms with Gasteiger partial charge in [0.1, 0.15) is 5.75 Å². The number of aromatic nitrogens is 1. The molecule has 1 aromatic carbocycles. The first-order chi connectivity index (χ1) is 7.31. The molecule has 0 bridgehead atoms. The maximum atomic E-state index is 5.27. The lowest BCUT2D eigenvalue weighted by molar-refractivity contribution is 0.414. The second kappa shape index (κ2) is 4.13. The Morgan fingerprint density at radius 2 is 1.80 bits per heavy atom. The molecule has 2 heteroatoms. The van der Waals surface area contributed by atoms with Crippen molar-refractivity contribution in [3.63, 3.8) is 0 Å². The molecule has 0 saturated heterocycles. The Labute approximate surface area is 89.6 Å². The zero-order valence-electron chi connectivity index (χ0n) is 8.90. The minimum absolute atomic E-state index is 0.807. The fraction of sp³-hybridized carbons (Fsp3) is 0.154. The molecule has 2 aromatic rings. The average Bonchev–Trinajstić information content (AvgIpc) is 2.30. The van der Waals surface area contributed by atoms with Crippen LogP contribution in [0.5, 0.6) is 5.75 Å². The van der Waals surface area contributed by atoms with Crippen LogP contribution in [0.2, 0.25) is 0 Å². The van der Waals surface area contributed by atoms with E-state index in [4.69, 9.17) is 4.74 Å². The Hall–Kier alpha value is -1.83. The largest absolute Gasteiger partial charge is 0.494 e. The van der Waals surface area contributed by atoms with Crippen LogP contribution in [0.3, 0.4) is 0 Å². The van der Waals surface area contributed by atoms with E-state index in [1.54, 1.807) is 19.5 Å². The molecule has 0 aliphatic rings. The molecule has 0 fully saturated rings. The van der Waals surface area contributed by atoms with Gasteiger partial charge in [0.05, 0.1) is 13.3 Å². The standard InChI is InChI=1S/C13H13NO/c1-10-3-5-11(6-4-10)12-7-8-14-9-13(12)15-2/h3-9H,1-2H3. The van der Waals surface area contributed by atoms with E-state index in [0.29, 0.717) is 0 Å². The van der Waals surface area contributed by atoms with Gasteiger partial charge in [-0.2, -0.15) is 0 Å². The summed E-state index contributed by atoms with van der Waals surface area (Å²) in [4.78, 5) is 4.03. The number of benzene rings is 1. The fourth-order valence-electron chi connectivity index (χ4n) is 1.51. The van der Waals surface area contributed by atoms with Gasteiger partial charge in [0.15, 0.2) is 0 Å². The van der Waals surface area contributed by atoms with Crippen molar-refractivity contribution >= 4 is 0 Å². The minimum atomic E-state index is 0.807. The predicted molar refractivity (Wildman–Crippen MR) is 61.0 cm³/mol. The lowest BCUT2D eigenvalue weighted by atomic mass is 10.0. The highest BCUT2D eigenvalue weighted by Crippen LogP contribution is 2.28. The number of aryl methyl sites for hydroxylation is 1. The third-order valence-corrected chi connectivity index (χ3v) is 2.37. The summed E-state index contributed by atoms with van der Waals surface area (Å²) in [6.45, 7) is 2.08. The highest BCUT2D eigenvalue weighted by atomic mass is 16.5. The van der Waals surface area contributed by atoms with Gasteiger partial charge < -0.3 is 4.74 Å². The lowest BCUT2D eigenvalue weighted by Gasteiger charge is -2.07. The van der Waals surface area contributed by atoms with E-state index in [1.807, 2.05) is 6.07 Å². The van der Waals surface area contributed by atoms with Crippen LogP contribution in [0.1, 0.15) is 5.56 Å². The van der Waals surface area contributed by atoms with Gasteiger partial charge >= 0.3 is 0 Å². The van der Waals surface area contributed by atoms with Gasteiger partial charge in [0, 0.05) is 11.8 Å². The Morgan fingerprint density at radius 1 is 1.07 bits per heavy atom.